The van der Waals surface area contributed by atoms with E-state index in [4.69, 9.17) is 0 Å². The van der Waals surface area contributed by atoms with Crippen molar-refractivity contribution in [1.29, 1.82) is 0 Å². The van der Waals surface area contributed by atoms with Gasteiger partial charge in [-0.2, -0.15) is 19.9 Å². The molecular weight excluding hydrogens is 446 g/mol. The maximum atomic E-state index is 10.6. The minimum atomic E-state index is 0. The fourth-order valence-corrected chi connectivity index (χ4v) is 1.64. The molecule has 12 N–H and O–H groups in total. The molecule has 4 aromatic rings. The van der Waals surface area contributed by atoms with Gasteiger partial charge in [0.05, 0.1) is 0 Å². The van der Waals surface area contributed by atoms with E-state index in [9.17, 15) is 10.4 Å². The molecule has 0 amide bonds. The molecule has 0 saturated heterocycles. The van der Waals surface area contributed by atoms with Gasteiger partial charge < -0.3 is 42.5 Å². The molecule has 152 valence electrons. The van der Waals surface area contributed by atoms with Gasteiger partial charge in [-0.15, -0.1) is 0 Å². The second-order valence-corrected chi connectivity index (χ2v) is 4.30. The van der Waals surface area contributed by atoms with Crippen LogP contribution in [-0.4, -0.2) is 31.1 Å². The summed E-state index contributed by atoms with van der Waals surface area (Å²) in [5.74, 6) is 0.853. The van der Waals surface area contributed by atoms with Crippen LogP contribution < -0.4 is 19.7 Å². The normalized spacial score (nSPS) is 8.28. The van der Waals surface area contributed by atoms with Crippen molar-refractivity contribution in [2.24, 2.45) is 0 Å². The van der Waals surface area contributed by atoms with Gasteiger partial charge >= 0.3 is 19.5 Å². The van der Waals surface area contributed by atoms with Gasteiger partial charge in [-0.3, -0.25) is 20.6 Å². The zero-order valence-electron chi connectivity index (χ0n) is 14.9. The zero-order chi connectivity index (χ0) is 16.8. The van der Waals surface area contributed by atoms with Crippen molar-refractivity contribution in [3.05, 3.63) is 59.5 Å². The van der Waals surface area contributed by atoms with Crippen molar-refractivity contribution in [1.82, 2.24) is 41.2 Å². The van der Waals surface area contributed by atoms with E-state index in [2.05, 4.69) is 41.2 Å². The van der Waals surface area contributed by atoms with Gasteiger partial charge in [-0.25, -0.2) is 0 Å². The average Bonchev–Trinajstić information content (AvgIpc) is 3.31. The first-order valence-electron chi connectivity index (χ1n) is 6.48. The van der Waals surface area contributed by atoms with Crippen LogP contribution in [0.1, 0.15) is 0 Å². The average molecular weight is 466 g/mol. The summed E-state index contributed by atoms with van der Waals surface area (Å²) < 4.78 is 1.38. The van der Waals surface area contributed by atoms with Crippen molar-refractivity contribution >= 4 is 0 Å². The summed E-state index contributed by atoms with van der Waals surface area (Å²) in [7, 11) is 0. The van der Waals surface area contributed by atoms with E-state index in [1.54, 1.807) is 24.3 Å². The molecule has 0 aliphatic heterocycles. The molecule has 0 fully saturated rings. The third-order valence-electron chi connectivity index (χ3n) is 2.76. The summed E-state index contributed by atoms with van der Waals surface area (Å²) in [6.07, 6.45) is 5.47. The van der Waals surface area contributed by atoms with Crippen LogP contribution in [0.4, 0.5) is 0 Å². The minimum Gasteiger partial charge on any atom is -0.619 e. The molecule has 4 aromatic heterocycles. The van der Waals surface area contributed by atoms with Crippen molar-refractivity contribution in [3.63, 3.8) is 0 Å². The molecule has 0 unspecified atom stereocenters. The summed E-state index contributed by atoms with van der Waals surface area (Å²) in [5, 5.41) is 49.1. The molecule has 0 spiro atoms. The van der Waals surface area contributed by atoms with E-state index in [1.165, 1.54) is 24.8 Å². The number of rotatable bonds is 2. The second kappa shape index (κ2) is 14.5. The molecule has 0 bridgehead atoms. The topological polar surface area (TPSA) is 291 Å². The third kappa shape index (κ3) is 8.37. The van der Waals surface area contributed by atoms with Gasteiger partial charge in [0, 0.05) is 47.0 Å². The van der Waals surface area contributed by atoms with E-state index >= 15 is 0 Å². The Hall–Kier alpha value is -3.50. The fourth-order valence-electron chi connectivity index (χ4n) is 1.64. The molecule has 0 saturated carbocycles. The van der Waals surface area contributed by atoms with Crippen LogP contribution in [0, 0.1) is 10.4 Å². The summed E-state index contributed by atoms with van der Waals surface area (Å²) in [6.45, 7) is 0. The van der Waals surface area contributed by atoms with Gasteiger partial charge in [0.25, 0.3) is 0 Å². The van der Waals surface area contributed by atoms with Crippen LogP contribution in [0.25, 0.3) is 22.8 Å². The molecule has 4 rings (SSSR count). The second-order valence-electron chi connectivity index (χ2n) is 4.30. The number of aromatic nitrogens is 10. The Morgan fingerprint density at radius 3 is 1.17 bits per heavy atom. The van der Waals surface area contributed by atoms with Crippen molar-refractivity contribution in [2.45, 2.75) is 0 Å². The van der Waals surface area contributed by atoms with E-state index in [1.807, 2.05) is 0 Å². The Balaban J connectivity index is -0.000000398. The molecule has 0 aliphatic rings. The smallest absolute Gasteiger partial charge is 0.619 e. The van der Waals surface area contributed by atoms with Crippen LogP contribution in [0.3, 0.4) is 0 Å². The first kappa shape index (κ1) is 30.2. The minimum absolute atomic E-state index is 0. The monoisotopic (exact) mass is 464 g/mol. The Morgan fingerprint density at radius 1 is 0.621 bits per heavy atom. The number of tetrazole rings is 2. The summed E-state index contributed by atoms with van der Waals surface area (Å²) in [5.41, 5.74) is 1.46. The van der Waals surface area contributed by atoms with Crippen molar-refractivity contribution in [3.8, 4) is 22.8 Å². The maximum Gasteiger partial charge on any atom is 2.00 e. The molecular formula is C12H20N10O6Zn+4. The summed E-state index contributed by atoms with van der Waals surface area (Å²) >= 11 is 0. The standard InChI is InChI=1S/2C6H4N5O.4H2O.Zn/c2*12-11-3-1-5(2-4-11)6-7-9-10-8-6;;;;;/h2*1-4H;4*1H2;/q2*-1;;;;;+2/p+4. The Kier molecular flexibility index (Phi) is 15.2. The molecule has 4 heterocycles. The SMILES string of the molecule is [O-][n+]1ccc(-c2nnn[n-]2)cc1.[O-][n+]1ccc(-c2nnn[n-]2)cc1.[OH3+].[OH3+].[OH3+].[OH3+].[Zn+2]. The van der Waals surface area contributed by atoms with Crippen LogP contribution in [0.5, 0.6) is 0 Å². The Bertz CT molecular complexity index is 801. The Labute approximate surface area is 174 Å². The van der Waals surface area contributed by atoms with Crippen LogP contribution in [0.15, 0.2) is 49.1 Å². The number of hydrogen-bond acceptors (Lipinski definition) is 8. The third-order valence-corrected chi connectivity index (χ3v) is 2.76. The van der Waals surface area contributed by atoms with Crippen LogP contribution >= 0.6 is 0 Å². The first-order valence-corrected chi connectivity index (χ1v) is 6.48. The zero-order valence-corrected chi connectivity index (χ0v) is 17.9. The van der Waals surface area contributed by atoms with Gasteiger partial charge in [0.2, 0.25) is 0 Å². The van der Waals surface area contributed by atoms with E-state index in [0.717, 1.165) is 11.1 Å². The summed E-state index contributed by atoms with van der Waals surface area (Å²) in [6, 6.07) is 6.41. The van der Waals surface area contributed by atoms with Crippen LogP contribution in [0.2, 0.25) is 0 Å². The van der Waals surface area contributed by atoms with E-state index < -0.39 is 0 Å². The molecule has 0 atom stereocenters. The molecule has 16 nitrogen and oxygen atoms in total. The van der Waals surface area contributed by atoms with Crippen LogP contribution in [-0.2, 0) is 41.4 Å². The van der Waals surface area contributed by atoms with E-state index in [-0.39, 0.29) is 41.4 Å². The fraction of sp³-hybridized carbons (Fsp3) is 0. The molecule has 17 heteroatoms. The number of pyridine rings is 2. The molecule has 0 radical (unpaired) electrons. The van der Waals surface area contributed by atoms with Gasteiger partial charge in [0.1, 0.15) is 0 Å². The maximum absolute atomic E-state index is 10.6. The van der Waals surface area contributed by atoms with Crippen molar-refractivity contribution < 1.29 is 50.8 Å². The predicted octanol–water partition coefficient (Wildman–Crippen LogP) is -5.43. The van der Waals surface area contributed by atoms with Gasteiger partial charge in [0.15, 0.2) is 24.8 Å². The molecule has 29 heavy (non-hydrogen) atoms. The van der Waals surface area contributed by atoms with Crippen molar-refractivity contribution in [2.75, 3.05) is 0 Å². The number of hydrogen-bond donors (Lipinski definition) is 0. The quantitative estimate of drug-likeness (QED) is 0.117. The first-order chi connectivity index (χ1) is 11.7. The van der Waals surface area contributed by atoms with E-state index in [0.29, 0.717) is 21.1 Å². The van der Waals surface area contributed by atoms with Gasteiger partial charge in [-0.05, 0) is 0 Å². The Morgan fingerprint density at radius 2 is 0.931 bits per heavy atom. The summed E-state index contributed by atoms with van der Waals surface area (Å²) in [4.78, 5) is 0. The molecule has 0 aliphatic carbocycles. The number of nitrogens with zero attached hydrogens (tertiary/aromatic N) is 10. The largest absolute Gasteiger partial charge is 2.00 e. The molecule has 0 aromatic carbocycles. The van der Waals surface area contributed by atoms with Gasteiger partial charge in [-0.1, -0.05) is 0 Å². The predicted molar refractivity (Wildman–Crippen MR) is 94.6 cm³/mol.